The van der Waals surface area contributed by atoms with E-state index < -0.39 is 12.0 Å². The second-order valence-corrected chi connectivity index (χ2v) is 7.41. The minimum atomic E-state index is -1.28. The Morgan fingerprint density at radius 3 is 2.74 bits per heavy atom. The summed E-state index contributed by atoms with van der Waals surface area (Å²) in [4.78, 5) is 34.6. The average molecular weight is 413 g/mol. The fourth-order valence-corrected chi connectivity index (χ4v) is 4.00. The minimum Gasteiger partial charge on any atom is -0.465 e. The molecule has 4 heterocycles. The minimum absolute atomic E-state index is 0.0384. The largest absolute Gasteiger partial charge is 0.465 e. The smallest absolute Gasteiger partial charge is 0.414 e. The van der Waals surface area contributed by atoms with Gasteiger partial charge in [-0.2, -0.15) is 0 Å². The number of imide groups is 1. The summed E-state index contributed by atoms with van der Waals surface area (Å²) in [7, 11) is 1.91. The Hall–Kier alpha value is -4.20. The van der Waals surface area contributed by atoms with Crippen molar-refractivity contribution >= 4 is 28.7 Å². The van der Waals surface area contributed by atoms with Gasteiger partial charge in [0.2, 0.25) is 0 Å². The van der Waals surface area contributed by atoms with E-state index in [4.69, 9.17) is 0 Å². The van der Waals surface area contributed by atoms with Crippen molar-refractivity contribution in [3.8, 4) is 11.3 Å². The van der Waals surface area contributed by atoms with Crippen LogP contribution in [0.1, 0.15) is 21.5 Å². The van der Waals surface area contributed by atoms with Crippen molar-refractivity contribution < 1.29 is 14.7 Å². The number of hydrogen-bond acceptors (Lipinski definition) is 5. The first kappa shape index (κ1) is 18.8. The molecule has 4 aromatic rings. The van der Waals surface area contributed by atoms with E-state index in [0.29, 0.717) is 29.1 Å². The third kappa shape index (κ3) is 3.09. The normalized spacial score (nSPS) is 12.9. The molecule has 0 bridgehead atoms. The van der Waals surface area contributed by atoms with E-state index in [2.05, 4.69) is 15.3 Å². The molecule has 0 atom stereocenters. The molecule has 31 heavy (non-hydrogen) atoms. The molecule has 0 saturated heterocycles. The summed E-state index contributed by atoms with van der Waals surface area (Å²) in [5.41, 5.74) is 4.72. The van der Waals surface area contributed by atoms with Crippen LogP contribution in [-0.4, -0.2) is 36.5 Å². The zero-order chi connectivity index (χ0) is 21.5. The van der Waals surface area contributed by atoms with Crippen molar-refractivity contribution in [2.45, 2.75) is 13.1 Å². The van der Waals surface area contributed by atoms with E-state index in [9.17, 15) is 14.7 Å². The molecule has 0 fully saturated rings. The van der Waals surface area contributed by atoms with E-state index in [1.54, 1.807) is 12.4 Å². The maximum absolute atomic E-state index is 13.0. The number of aromatic nitrogens is 3. The van der Waals surface area contributed by atoms with Crippen LogP contribution in [0, 0.1) is 0 Å². The monoisotopic (exact) mass is 413 g/mol. The van der Waals surface area contributed by atoms with Gasteiger partial charge in [0.05, 0.1) is 29.7 Å². The second-order valence-electron chi connectivity index (χ2n) is 7.41. The number of fused-ring (bicyclic) bond motifs is 2. The molecule has 0 saturated carbocycles. The molecular formula is C23H19N5O3. The molecular weight excluding hydrogens is 394 g/mol. The predicted octanol–water partition coefficient (Wildman–Crippen LogP) is 3.88. The highest BCUT2D eigenvalue weighted by Gasteiger charge is 2.37. The summed E-state index contributed by atoms with van der Waals surface area (Å²) in [5.74, 6) is -0.542. The molecule has 0 unspecified atom stereocenters. The maximum Gasteiger partial charge on any atom is 0.414 e. The molecule has 1 aliphatic rings. The number of carboxylic acid groups (broad SMARTS) is 1. The topological polar surface area (TPSA) is 100 Å². The van der Waals surface area contributed by atoms with Gasteiger partial charge in [-0.15, -0.1) is 0 Å². The number of amides is 2. The molecule has 0 radical (unpaired) electrons. The number of anilines is 1. The molecule has 8 nitrogen and oxygen atoms in total. The number of rotatable bonds is 4. The molecule has 8 heteroatoms. The van der Waals surface area contributed by atoms with Gasteiger partial charge in [-0.1, -0.05) is 30.3 Å². The van der Waals surface area contributed by atoms with Gasteiger partial charge in [-0.25, -0.2) is 14.7 Å². The molecule has 3 aromatic heterocycles. The summed E-state index contributed by atoms with van der Waals surface area (Å²) in [5, 5.41) is 13.7. The van der Waals surface area contributed by atoms with Crippen molar-refractivity contribution in [1.82, 2.24) is 19.4 Å². The first-order valence-corrected chi connectivity index (χ1v) is 9.79. The van der Waals surface area contributed by atoms with Crippen LogP contribution < -0.4 is 5.32 Å². The van der Waals surface area contributed by atoms with Crippen LogP contribution in [0.25, 0.3) is 22.3 Å². The van der Waals surface area contributed by atoms with Gasteiger partial charge >= 0.3 is 6.09 Å². The van der Waals surface area contributed by atoms with Crippen molar-refractivity contribution in [3.05, 3.63) is 77.7 Å². The van der Waals surface area contributed by atoms with Crippen LogP contribution in [-0.2, 0) is 20.1 Å². The number of hydrogen-bond donors (Lipinski definition) is 2. The highest BCUT2D eigenvalue weighted by Crippen LogP contribution is 2.38. The van der Waals surface area contributed by atoms with Crippen LogP contribution >= 0.6 is 0 Å². The summed E-state index contributed by atoms with van der Waals surface area (Å²) < 4.78 is 1.91. The Morgan fingerprint density at radius 1 is 1.16 bits per heavy atom. The van der Waals surface area contributed by atoms with Gasteiger partial charge in [0.15, 0.2) is 0 Å². The molecule has 154 valence electrons. The van der Waals surface area contributed by atoms with Crippen LogP contribution in [0.15, 0.2) is 61.1 Å². The first-order chi connectivity index (χ1) is 15.0. The third-order valence-corrected chi connectivity index (χ3v) is 5.53. The standard InChI is InChI=1S/C23H19N5O3/c1-27-10-8-16-15(7-9-24-21(16)27)20-17-13-28(23(30)31)22(29)19(17)18(12-26-20)25-11-14-5-3-2-4-6-14/h2-10,12,25H,11,13H2,1H3,(H,30,31). The second kappa shape index (κ2) is 7.24. The van der Waals surface area contributed by atoms with E-state index in [1.807, 2.05) is 60.3 Å². The number of nitrogens with one attached hydrogen (secondary N) is 1. The first-order valence-electron chi connectivity index (χ1n) is 9.79. The number of carbonyl (C=O) groups excluding carboxylic acids is 1. The Balaban J connectivity index is 1.63. The predicted molar refractivity (Wildman–Crippen MR) is 116 cm³/mol. The molecule has 2 N–H and O–H groups in total. The van der Waals surface area contributed by atoms with Crippen molar-refractivity contribution in [2.24, 2.45) is 7.05 Å². The molecule has 2 amide bonds. The highest BCUT2D eigenvalue weighted by molar-refractivity contribution is 6.11. The molecule has 0 spiro atoms. The van der Waals surface area contributed by atoms with Crippen LogP contribution in [0.5, 0.6) is 0 Å². The zero-order valence-corrected chi connectivity index (χ0v) is 16.7. The SMILES string of the molecule is Cn1ccc2c(-c3ncc(NCc4ccccc4)c4c3CN(C(=O)O)C4=O)ccnc21. The summed E-state index contributed by atoms with van der Waals surface area (Å²) >= 11 is 0. The van der Waals surface area contributed by atoms with E-state index in [-0.39, 0.29) is 6.54 Å². The van der Waals surface area contributed by atoms with Crippen LogP contribution in [0.3, 0.4) is 0 Å². The zero-order valence-electron chi connectivity index (χ0n) is 16.7. The molecule has 1 aliphatic heterocycles. The molecule has 0 aliphatic carbocycles. The Morgan fingerprint density at radius 2 is 1.97 bits per heavy atom. The fourth-order valence-electron chi connectivity index (χ4n) is 4.00. The number of carbonyl (C=O) groups is 2. The Labute approximate surface area is 177 Å². The Kier molecular flexibility index (Phi) is 4.39. The van der Waals surface area contributed by atoms with Crippen LogP contribution in [0.2, 0.25) is 0 Å². The lowest BCUT2D eigenvalue weighted by Crippen LogP contribution is -2.29. The fraction of sp³-hybridized carbons (Fsp3) is 0.130. The number of nitrogens with zero attached hydrogens (tertiary/aromatic N) is 4. The third-order valence-electron chi connectivity index (χ3n) is 5.53. The van der Waals surface area contributed by atoms with Gasteiger partial charge in [0, 0.05) is 42.5 Å². The van der Waals surface area contributed by atoms with Gasteiger partial charge in [-0.3, -0.25) is 9.78 Å². The van der Waals surface area contributed by atoms with Crippen molar-refractivity contribution in [1.29, 1.82) is 0 Å². The number of benzene rings is 1. The Bertz CT molecular complexity index is 1330. The van der Waals surface area contributed by atoms with E-state index in [0.717, 1.165) is 27.1 Å². The number of pyridine rings is 2. The highest BCUT2D eigenvalue weighted by atomic mass is 16.4. The molecule has 5 rings (SSSR count). The molecule has 1 aromatic carbocycles. The van der Waals surface area contributed by atoms with Gasteiger partial charge in [0.1, 0.15) is 5.65 Å². The lowest BCUT2D eigenvalue weighted by Gasteiger charge is -2.13. The van der Waals surface area contributed by atoms with Crippen LogP contribution in [0.4, 0.5) is 10.5 Å². The maximum atomic E-state index is 13.0. The average Bonchev–Trinajstić information content (AvgIpc) is 3.34. The summed E-state index contributed by atoms with van der Waals surface area (Å²) in [6, 6.07) is 13.6. The van der Waals surface area contributed by atoms with Gasteiger partial charge < -0.3 is 15.0 Å². The van der Waals surface area contributed by atoms with Gasteiger partial charge in [-0.05, 0) is 17.7 Å². The number of aryl methyl sites for hydroxylation is 1. The lowest BCUT2D eigenvalue weighted by molar-refractivity contribution is 0.0764. The van der Waals surface area contributed by atoms with E-state index in [1.165, 1.54) is 0 Å². The quantitative estimate of drug-likeness (QED) is 0.527. The lowest BCUT2D eigenvalue weighted by atomic mass is 10.0. The van der Waals surface area contributed by atoms with Crippen molar-refractivity contribution in [2.75, 3.05) is 5.32 Å². The summed E-state index contributed by atoms with van der Waals surface area (Å²) in [6.07, 6.45) is 3.93. The summed E-state index contributed by atoms with van der Waals surface area (Å²) in [6.45, 7) is 0.455. The van der Waals surface area contributed by atoms with Gasteiger partial charge in [0.25, 0.3) is 5.91 Å². The van der Waals surface area contributed by atoms with Crippen molar-refractivity contribution in [3.63, 3.8) is 0 Å². The van der Waals surface area contributed by atoms with E-state index >= 15 is 0 Å².